The van der Waals surface area contributed by atoms with Crippen LogP contribution in [-0.2, 0) is 6.54 Å². The predicted molar refractivity (Wildman–Crippen MR) is 73.3 cm³/mol. The number of amides is 1. The fraction of sp³-hybridized carbons (Fsp3) is 0.462. The minimum absolute atomic E-state index is 0.187. The Morgan fingerprint density at radius 1 is 1.47 bits per heavy atom. The quantitative estimate of drug-likeness (QED) is 0.886. The van der Waals surface area contributed by atoms with Crippen molar-refractivity contribution in [2.75, 3.05) is 5.32 Å². The second kappa shape index (κ2) is 5.26. The van der Waals surface area contributed by atoms with Gasteiger partial charge in [0.05, 0.1) is 5.69 Å². The second-order valence-corrected chi connectivity index (χ2v) is 4.82. The van der Waals surface area contributed by atoms with Gasteiger partial charge in [0.25, 0.3) is 5.91 Å². The number of hydrogen-bond acceptors (Lipinski definition) is 3. The summed E-state index contributed by atoms with van der Waals surface area (Å²) in [5.41, 5.74) is 2.39. The van der Waals surface area contributed by atoms with Crippen LogP contribution in [0, 0.1) is 6.92 Å². The summed E-state index contributed by atoms with van der Waals surface area (Å²) in [6, 6.07) is 3.62. The van der Waals surface area contributed by atoms with Crippen LogP contribution in [0.25, 0.3) is 0 Å². The molecule has 102 valence electrons. The molecule has 0 aliphatic heterocycles. The number of aromatic amines is 1. The van der Waals surface area contributed by atoms with Gasteiger partial charge in [0.1, 0.15) is 5.69 Å². The van der Waals surface area contributed by atoms with E-state index >= 15 is 0 Å². The third-order valence-electron chi connectivity index (χ3n) is 2.87. The van der Waals surface area contributed by atoms with E-state index in [1.807, 2.05) is 19.9 Å². The van der Waals surface area contributed by atoms with Crippen molar-refractivity contribution in [2.45, 2.75) is 40.2 Å². The van der Waals surface area contributed by atoms with Crippen LogP contribution in [0.3, 0.4) is 0 Å². The summed E-state index contributed by atoms with van der Waals surface area (Å²) in [5.74, 6) is 0.636. The number of H-pyrrole nitrogens is 1. The molecule has 0 spiro atoms. The molecule has 0 radical (unpaired) electrons. The molecule has 19 heavy (non-hydrogen) atoms. The van der Waals surface area contributed by atoms with Crippen LogP contribution in [0.2, 0.25) is 0 Å². The van der Waals surface area contributed by atoms with Crippen LogP contribution in [0.4, 0.5) is 5.82 Å². The third kappa shape index (κ3) is 2.83. The molecule has 2 N–H and O–H groups in total. The summed E-state index contributed by atoms with van der Waals surface area (Å²) in [4.78, 5) is 12.2. The van der Waals surface area contributed by atoms with Gasteiger partial charge in [0, 0.05) is 18.3 Å². The van der Waals surface area contributed by atoms with Gasteiger partial charge in [0.2, 0.25) is 0 Å². The Bertz CT molecular complexity index is 582. The number of anilines is 1. The summed E-state index contributed by atoms with van der Waals surface area (Å²) < 4.78 is 1.71. The van der Waals surface area contributed by atoms with Gasteiger partial charge in [0.15, 0.2) is 5.82 Å². The normalized spacial score (nSPS) is 11.0. The SMILES string of the molecule is CCn1nc(C(C)C)cc1C(=O)Nc1cc(C)[nH]n1. The molecule has 2 aromatic heterocycles. The summed E-state index contributed by atoms with van der Waals surface area (Å²) in [5, 5.41) is 14.0. The first kappa shape index (κ1) is 13.3. The first-order valence-corrected chi connectivity index (χ1v) is 6.42. The lowest BCUT2D eigenvalue weighted by Crippen LogP contribution is -2.17. The molecule has 1 amide bonds. The lowest BCUT2D eigenvalue weighted by Gasteiger charge is -2.03. The van der Waals surface area contributed by atoms with Crippen molar-refractivity contribution in [3.05, 3.63) is 29.2 Å². The number of carbonyl (C=O) groups excluding carboxylic acids is 1. The largest absolute Gasteiger partial charge is 0.304 e. The molecule has 0 atom stereocenters. The van der Waals surface area contributed by atoms with Crippen LogP contribution in [-0.4, -0.2) is 25.9 Å². The zero-order valence-electron chi connectivity index (χ0n) is 11.7. The number of aryl methyl sites for hydroxylation is 2. The molecule has 2 rings (SSSR count). The van der Waals surface area contributed by atoms with Crippen molar-refractivity contribution in [1.82, 2.24) is 20.0 Å². The second-order valence-electron chi connectivity index (χ2n) is 4.82. The van der Waals surface area contributed by atoms with E-state index in [0.717, 1.165) is 11.4 Å². The summed E-state index contributed by atoms with van der Waals surface area (Å²) in [7, 11) is 0. The van der Waals surface area contributed by atoms with E-state index < -0.39 is 0 Å². The molecule has 0 unspecified atom stereocenters. The lowest BCUT2D eigenvalue weighted by atomic mass is 10.1. The minimum Gasteiger partial charge on any atom is -0.304 e. The number of nitrogens with zero attached hydrogens (tertiary/aromatic N) is 3. The highest BCUT2D eigenvalue weighted by atomic mass is 16.2. The Morgan fingerprint density at radius 2 is 2.21 bits per heavy atom. The Labute approximate surface area is 112 Å². The topological polar surface area (TPSA) is 75.6 Å². The van der Waals surface area contributed by atoms with Gasteiger partial charge >= 0.3 is 0 Å². The number of rotatable bonds is 4. The zero-order chi connectivity index (χ0) is 14.0. The van der Waals surface area contributed by atoms with Gasteiger partial charge in [-0.2, -0.15) is 10.2 Å². The number of carbonyl (C=O) groups is 1. The number of nitrogens with one attached hydrogen (secondary N) is 2. The highest BCUT2D eigenvalue weighted by molar-refractivity contribution is 6.02. The van der Waals surface area contributed by atoms with Crippen molar-refractivity contribution in [3.8, 4) is 0 Å². The monoisotopic (exact) mass is 261 g/mol. The lowest BCUT2D eigenvalue weighted by molar-refractivity contribution is 0.101. The molecule has 2 aromatic rings. The van der Waals surface area contributed by atoms with Crippen molar-refractivity contribution in [1.29, 1.82) is 0 Å². The zero-order valence-corrected chi connectivity index (χ0v) is 11.7. The molecule has 6 nitrogen and oxygen atoms in total. The van der Waals surface area contributed by atoms with Crippen LogP contribution in [0.15, 0.2) is 12.1 Å². The van der Waals surface area contributed by atoms with E-state index in [2.05, 4.69) is 34.5 Å². The van der Waals surface area contributed by atoms with Gasteiger partial charge in [-0.1, -0.05) is 13.8 Å². The fourth-order valence-corrected chi connectivity index (χ4v) is 1.81. The molecule has 0 saturated heterocycles. The molecule has 2 heterocycles. The van der Waals surface area contributed by atoms with Crippen molar-refractivity contribution < 1.29 is 4.79 Å². The molecular weight excluding hydrogens is 242 g/mol. The van der Waals surface area contributed by atoms with Gasteiger partial charge in [-0.15, -0.1) is 0 Å². The Balaban J connectivity index is 2.22. The Kier molecular flexibility index (Phi) is 3.69. The minimum atomic E-state index is -0.187. The average molecular weight is 261 g/mol. The van der Waals surface area contributed by atoms with Crippen LogP contribution in [0.1, 0.15) is 48.6 Å². The van der Waals surface area contributed by atoms with Crippen LogP contribution >= 0.6 is 0 Å². The molecule has 0 aromatic carbocycles. The Morgan fingerprint density at radius 3 is 2.74 bits per heavy atom. The van der Waals surface area contributed by atoms with Crippen LogP contribution in [0.5, 0.6) is 0 Å². The smallest absolute Gasteiger partial charge is 0.275 e. The highest BCUT2D eigenvalue weighted by Crippen LogP contribution is 2.16. The maximum absolute atomic E-state index is 12.2. The molecule has 6 heteroatoms. The van der Waals surface area contributed by atoms with Crippen molar-refractivity contribution >= 4 is 11.7 Å². The van der Waals surface area contributed by atoms with E-state index in [1.165, 1.54) is 0 Å². The van der Waals surface area contributed by atoms with E-state index in [-0.39, 0.29) is 5.91 Å². The van der Waals surface area contributed by atoms with E-state index in [9.17, 15) is 4.79 Å². The maximum Gasteiger partial charge on any atom is 0.275 e. The molecule has 0 saturated carbocycles. The van der Waals surface area contributed by atoms with E-state index in [1.54, 1.807) is 10.7 Å². The predicted octanol–water partition coefficient (Wildman–Crippen LogP) is 2.31. The first-order valence-electron chi connectivity index (χ1n) is 6.42. The van der Waals surface area contributed by atoms with Gasteiger partial charge in [-0.05, 0) is 25.8 Å². The number of aromatic nitrogens is 4. The highest BCUT2D eigenvalue weighted by Gasteiger charge is 2.16. The standard InChI is InChI=1S/C13H19N5O/c1-5-18-11(7-10(17-18)8(2)3)13(19)14-12-6-9(4)15-16-12/h6-8H,5H2,1-4H3,(H2,14,15,16,19). The van der Waals surface area contributed by atoms with Crippen molar-refractivity contribution in [2.24, 2.45) is 0 Å². The van der Waals surface area contributed by atoms with Crippen molar-refractivity contribution in [3.63, 3.8) is 0 Å². The van der Waals surface area contributed by atoms with E-state index in [4.69, 9.17) is 0 Å². The number of hydrogen-bond donors (Lipinski definition) is 2. The summed E-state index contributed by atoms with van der Waals surface area (Å²) >= 11 is 0. The van der Waals surface area contributed by atoms with Gasteiger partial charge in [-0.3, -0.25) is 14.6 Å². The molecule has 0 aliphatic carbocycles. The van der Waals surface area contributed by atoms with Crippen LogP contribution < -0.4 is 5.32 Å². The van der Waals surface area contributed by atoms with E-state index in [0.29, 0.717) is 24.0 Å². The summed E-state index contributed by atoms with van der Waals surface area (Å²) in [6.45, 7) is 8.62. The molecule has 0 bridgehead atoms. The maximum atomic E-state index is 12.2. The van der Waals surface area contributed by atoms with Gasteiger partial charge in [-0.25, -0.2) is 0 Å². The molecule has 0 aliphatic rings. The van der Waals surface area contributed by atoms with Gasteiger partial charge < -0.3 is 5.32 Å². The average Bonchev–Trinajstić information content (AvgIpc) is 2.95. The summed E-state index contributed by atoms with van der Waals surface area (Å²) in [6.07, 6.45) is 0. The molecule has 0 fully saturated rings. The molecular formula is C13H19N5O. The Hall–Kier alpha value is -2.11. The first-order chi connectivity index (χ1) is 9.01. The third-order valence-corrected chi connectivity index (χ3v) is 2.87. The fourth-order valence-electron chi connectivity index (χ4n) is 1.81.